The van der Waals surface area contributed by atoms with Crippen LogP contribution < -0.4 is 5.73 Å². The smallest absolute Gasteiger partial charge is 0.309 e. The van der Waals surface area contributed by atoms with Crippen LogP contribution in [-0.4, -0.2) is 17.0 Å². The van der Waals surface area contributed by atoms with Crippen molar-refractivity contribution in [3.8, 4) is 0 Å². The largest absolute Gasteiger partial charge is 0.481 e. The third-order valence-corrected chi connectivity index (χ3v) is 2.95. The summed E-state index contributed by atoms with van der Waals surface area (Å²) in [5.74, 6) is -1.15. The SMILES string of the molecule is CCCC(C)(CCCCC=CC(N)=O)C(=O)O. The molecule has 0 aliphatic rings. The molecule has 0 saturated carbocycles. The number of unbranched alkanes of at least 4 members (excludes halogenated alkanes) is 2. The molecule has 0 aromatic heterocycles. The maximum absolute atomic E-state index is 11.1. The highest BCUT2D eigenvalue weighted by Gasteiger charge is 2.30. The number of hydrogen-bond donors (Lipinski definition) is 2. The van der Waals surface area contributed by atoms with E-state index in [4.69, 9.17) is 10.8 Å². The summed E-state index contributed by atoms with van der Waals surface area (Å²) in [4.78, 5) is 21.6. The zero-order valence-corrected chi connectivity index (χ0v) is 10.7. The van der Waals surface area contributed by atoms with E-state index in [1.54, 1.807) is 13.0 Å². The minimum Gasteiger partial charge on any atom is -0.481 e. The Morgan fingerprint density at radius 3 is 2.41 bits per heavy atom. The Morgan fingerprint density at radius 1 is 1.29 bits per heavy atom. The quantitative estimate of drug-likeness (QED) is 0.480. The van der Waals surface area contributed by atoms with E-state index >= 15 is 0 Å². The zero-order valence-electron chi connectivity index (χ0n) is 10.7. The molecule has 0 aromatic rings. The standard InChI is InChI=1S/C13H23NO3/c1-3-9-13(2,12(16)17)10-7-5-4-6-8-11(14)15/h6,8H,3-5,7,9-10H2,1-2H3,(H2,14,15)(H,16,17). The molecule has 0 fully saturated rings. The van der Waals surface area contributed by atoms with E-state index in [9.17, 15) is 9.59 Å². The van der Waals surface area contributed by atoms with Crippen molar-refractivity contribution >= 4 is 11.9 Å². The molecule has 0 heterocycles. The van der Waals surface area contributed by atoms with Gasteiger partial charge in [-0.1, -0.05) is 25.8 Å². The van der Waals surface area contributed by atoms with Crippen molar-refractivity contribution in [3.05, 3.63) is 12.2 Å². The first kappa shape index (κ1) is 15.7. The van der Waals surface area contributed by atoms with Gasteiger partial charge in [0.2, 0.25) is 5.91 Å². The van der Waals surface area contributed by atoms with Crippen LogP contribution in [0.1, 0.15) is 52.4 Å². The molecule has 0 aliphatic heterocycles. The van der Waals surface area contributed by atoms with Crippen LogP contribution in [0.15, 0.2) is 12.2 Å². The van der Waals surface area contributed by atoms with Crippen LogP contribution in [0.25, 0.3) is 0 Å². The fourth-order valence-corrected chi connectivity index (χ4v) is 1.87. The average molecular weight is 241 g/mol. The van der Waals surface area contributed by atoms with E-state index in [2.05, 4.69) is 0 Å². The third kappa shape index (κ3) is 6.76. The molecule has 0 spiro atoms. The van der Waals surface area contributed by atoms with E-state index < -0.39 is 17.3 Å². The van der Waals surface area contributed by atoms with Crippen molar-refractivity contribution < 1.29 is 14.7 Å². The first-order chi connectivity index (χ1) is 7.92. The van der Waals surface area contributed by atoms with Gasteiger partial charge in [-0.15, -0.1) is 0 Å². The number of hydrogen-bond acceptors (Lipinski definition) is 2. The van der Waals surface area contributed by atoms with E-state index in [1.807, 2.05) is 6.92 Å². The first-order valence-electron chi connectivity index (χ1n) is 6.12. The Bertz CT molecular complexity index is 286. The summed E-state index contributed by atoms with van der Waals surface area (Å²) < 4.78 is 0. The van der Waals surface area contributed by atoms with E-state index in [1.165, 1.54) is 6.08 Å². The van der Waals surface area contributed by atoms with Crippen molar-refractivity contribution in [2.75, 3.05) is 0 Å². The van der Waals surface area contributed by atoms with E-state index in [0.29, 0.717) is 12.8 Å². The Hall–Kier alpha value is -1.32. The highest BCUT2D eigenvalue weighted by molar-refractivity contribution is 5.85. The van der Waals surface area contributed by atoms with E-state index in [-0.39, 0.29) is 0 Å². The molecule has 1 atom stereocenters. The number of carboxylic acids is 1. The second-order valence-electron chi connectivity index (χ2n) is 4.67. The van der Waals surface area contributed by atoms with Crippen molar-refractivity contribution in [2.45, 2.75) is 52.4 Å². The molecule has 0 rings (SSSR count). The number of nitrogens with two attached hydrogens (primary N) is 1. The van der Waals surface area contributed by atoms with Gasteiger partial charge in [0.1, 0.15) is 0 Å². The molecule has 4 heteroatoms. The zero-order chi connectivity index (χ0) is 13.3. The summed E-state index contributed by atoms with van der Waals surface area (Å²) in [7, 11) is 0. The first-order valence-corrected chi connectivity index (χ1v) is 6.12. The molecule has 1 amide bonds. The number of carboxylic acid groups (broad SMARTS) is 1. The summed E-state index contributed by atoms with van der Waals surface area (Å²) in [6.45, 7) is 3.80. The van der Waals surface area contributed by atoms with Crippen LogP contribution in [0.4, 0.5) is 0 Å². The van der Waals surface area contributed by atoms with Crippen molar-refractivity contribution in [1.82, 2.24) is 0 Å². The van der Waals surface area contributed by atoms with Gasteiger partial charge in [0.25, 0.3) is 0 Å². The molecular weight excluding hydrogens is 218 g/mol. The summed E-state index contributed by atoms with van der Waals surface area (Å²) >= 11 is 0. The number of amides is 1. The maximum atomic E-state index is 11.1. The Balaban J connectivity index is 3.91. The van der Waals surface area contributed by atoms with Gasteiger partial charge < -0.3 is 10.8 Å². The molecule has 1 unspecified atom stereocenters. The molecular formula is C13H23NO3. The van der Waals surface area contributed by atoms with Gasteiger partial charge in [0.05, 0.1) is 5.41 Å². The molecule has 98 valence electrons. The average Bonchev–Trinajstić information content (AvgIpc) is 2.23. The van der Waals surface area contributed by atoms with E-state index in [0.717, 1.165) is 25.7 Å². The third-order valence-electron chi connectivity index (χ3n) is 2.95. The number of allylic oxidation sites excluding steroid dienone is 1. The molecule has 4 nitrogen and oxygen atoms in total. The predicted molar refractivity (Wildman–Crippen MR) is 67.5 cm³/mol. The number of carbonyl (C=O) groups is 2. The second kappa shape index (κ2) is 7.87. The van der Waals surface area contributed by atoms with Crippen molar-refractivity contribution in [1.29, 1.82) is 0 Å². The van der Waals surface area contributed by atoms with Crippen LogP contribution in [0, 0.1) is 5.41 Å². The van der Waals surface area contributed by atoms with Gasteiger partial charge >= 0.3 is 5.97 Å². The highest BCUT2D eigenvalue weighted by atomic mass is 16.4. The topological polar surface area (TPSA) is 80.4 Å². The Kier molecular flexibility index (Phi) is 7.26. The maximum Gasteiger partial charge on any atom is 0.309 e. The lowest BCUT2D eigenvalue weighted by Gasteiger charge is -2.23. The predicted octanol–water partition coefficient (Wildman–Crippen LogP) is 2.48. The molecule has 0 saturated heterocycles. The minimum absolute atomic E-state index is 0.439. The molecule has 17 heavy (non-hydrogen) atoms. The lowest BCUT2D eigenvalue weighted by molar-refractivity contribution is -0.148. The summed E-state index contributed by atoms with van der Waals surface area (Å²) in [5.41, 5.74) is 4.34. The summed E-state index contributed by atoms with van der Waals surface area (Å²) in [5, 5.41) is 9.16. The van der Waals surface area contributed by atoms with Gasteiger partial charge in [-0.2, -0.15) is 0 Å². The number of primary amides is 1. The number of rotatable bonds is 9. The van der Waals surface area contributed by atoms with Crippen molar-refractivity contribution in [2.24, 2.45) is 11.1 Å². The Labute approximate surface area is 103 Å². The number of aliphatic carboxylic acids is 1. The molecule has 0 bridgehead atoms. The van der Waals surface area contributed by atoms with Crippen LogP contribution in [-0.2, 0) is 9.59 Å². The fraction of sp³-hybridized carbons (Fsp3) is 0.692. The fourth-order valence-electron chi connectivity index (χ4n) is 1.87. The van der Waals surface area contributed by atoms with Crippen LogP contribution >= 0.6 is 0 Å². The van der Waals surface area contributed by atoms with Gasteiger partial charge in [-0.25, -0.2) is 0 Å². The second-order valence-corrected chi connectivity index (χ2v) is 4.67. The normalized spacial score (nSPS) is 14.7. The monoisotopic (exact) mass is 241 g/mol. The van der Waals surface area contributed by atoms with Gasteiger partial charge in [0.15, 0.2) is 0 Å². The lowest BCUT2D eigenvalue weighted by Crippen LogP contribution is -2.27. The van der Waals surface area contributed by atoms with Crippen LogP contribution in [0.2, 0.25) is 0 Å². The number of carbonyl (C=O) groups excluding carboxylic acids is 1. The Morgan fingerprint density at radius 2 is 1.94 bits per heavy atom. The van der Waals surface area contributed by atoms with Crippen LogP contribution in [0.3, 0.4) is 0 Å². The van der Waals surface area contributed by atoms with Crippen molar-refractivity contribution in [3.63, 3.8) is 0 Å². The summed E-state index contributed by atoms with van der Waals surface area (Å²) in [6, 6.07) is 0. The molecule has 3 N–H and O–H groups in total. The molecule has 0 aromatic carbocycles. The molecule has 0 aliphatic carbocycles. The van der Waals surface area contributed by atoms with Gasteiger partial charge in [-0.05, 0) is 38.7 Å². The van der Waals surface area contributed by atoms with Gasteiger partial charge in [-0.3, -0.25) is 9.59 Å². The highest BCUT2D eigenvalue weighted by Crippen LogP contribution is 2.30. The minimum atomic E-state index is -0.716. The summed E-state index contributed by atoms with van der Waals surface area (Å²) in [6.07, 6.45) is 7.86. The molecule has 0 radical (unpaired) electrons. The lowest BCUT2D eigenvalue weighted by atomic mass is 9.81. The van der Waals surface area contributed by atoms with Crippen LogP contribution in [0.5, 0.6) is 0 Å². The van der Waals surface area contributed by atoms with Gasteiger partial charge in [0, 0.05) is 0 Å².